The Morgan fingerprint density at radius 3 is 2.28 bits per heavy atom. The Morgan fingerprint density at radius 1 is 1.04 bits per heavy atom. The second-order valence-electron chi connectivity index (χ2n) is 7.21. The maximum Gasteiger partial charge on any atom is 0.215 e. The zero-order valence-corrected chi connectivity index (χ0v) is 17.5. The number of imidazole rings is 2. The van der Waals surface area contributed by atoms with E-state index in [0.29, 0.717) is 0 Å². The first kappa shape index (κ1) is 21.8. The molecule has 0 saturated carbocycles. The Kier molecular flexibility index (Phi) is 7.36. The monoisotopic (exact) mass is 384 g/mol. The van der Waals surface area contributed by atoms with Crippen LogP contribution >= 0.6 is 24.8 Å². The number of halogens is 2. The Bertz CT molecular complexity index is 810. The highest BCUT2D eigenvalue weighted by Gasteiger charge is 2.23. The highest BCUT2D eigenvalue weighted by Crippen LogP contribution is 2.27. The summed E-state index contributed by atoms with van der Waals surface area (Å²) in [5, 5.41) is 0. The summed E-state index contributed by atoms with van der Waals surface area (Å²) < 4.78 is 4.65. The lowest BCUT2D eigenvalue weighted by molar-refractivity contribution is 0.288. The third kappa shape index (κ3) is 4.13. The molecule has 0 radical (unpaired) electrons. The van der Waals surface area contributed by atoms with Crippen molar-refractivity contribution in [2.45, 2.75) is 46.6 Å². The largest absolute Gasteiger partial charge is 0.312 e. The summed E-state index contributed by atoms with van der Waals surface area (Å²) in [4.78, 5) is 7.35. The molecule has 0 fully saturated rings. The fraction of sp³-hybridized carbons (Fsp3) is 0.526. The maximum atomic E-state index is 4.89. The molecule has 0 aliphatic rings. The molecule has 3 rings (SSSR count). The molecular formula is C19H30Cl2N4. The van der Waals surface area contributed by atoms with Crippen molar-refractivity contribution >= 4 is 41.6 Å². The van der Waals surface area contributed by atoms with Crippen LogP contribution in [-0.2, 0) is 12.0 Å². The molecule has 0 atom stereocenters. The van der Waals surface area contributed by atoms with E-state index in [1.807, 2.05) is 0 Å². The van der Waals surface area contributed by atoms with Crippen LogP contribution in [0.3, 0.4) is 0 Å². The van der Waals surface area contributed by atoms with Gasteiger partial charge >= 0.3 is 0 Å². The molecular weight excluding hydrogens is 355 g/mol. The van der Waals surface area contributed by atoms with Crippen LogP contribution in [0, 0.1) is 0 Å². The molecule has 4 nitrogen and oxygen atoms in total. The number of nitrogens with zero attached hydrogens (tertiary/aromatic N) is 4. The van der Waals surface area contributed by atoms with Crippen molar-refractivity contribution in [1.82, 2.24) is 18.9 Å². The van der Waals surface area contributed by atoms with Gasteiger partial charge in [-0.1, -0.05) is 46.8 Å². The van der Waals surface area contributed by atoms with E-state index in [2.05, 4.69) is 78.9 Å². The van der Waals surface area contributed by atoms with Gasteiger partial charge in [-0.05, 0) is 25.2 Å². The predicted octanol–water partition coefficient (Wildman–Crippen LogP) is 4.77. The molecule has 0 spiro atoms. The molecule has 0 unspecified atom stereocenters. The highest BCUT2D eigenvalue weighted by atomic mass is 35.5. The molecule has 0 bridgehead atoms. The second-order valence-corrected chi connectivity index (χ2v) is 7.21. The number of aromatic nitrogens is 3. The average Bonchev–Trinajstić information content (AvgIpc) is 3.04. The molecule has 0 aliphatic carbocycles. The molecule has 25 heavy (non-hydrogen) atoms. The Morgan fingerprint density at radius 2 is 1.68 bits per heavy atom. The fourth-order valence-electron chi connectivity index (χ4n) is 3.25. The Labute approximate surface area is 163 Å². The summed E-state index contributed by atoms with van der Waals surface area (Å²) in [5.74, 6) is 1.06. The summed E-state index contributed by atoms with van der Waals surface area (Å²) in [6.07, 6.45) is 2.27. The first-order chi connectivity index (χ1) is 11.0. The summed E-state index contributed by atoms with van der Waals surface area (Å²) in [7, 11) is 0. The van der Waals surface area contributed by atoms with E-state index < -0.39 is 0 Å². The number of hydrogen-bond acceptors (Lipinski definition) is 2. The molecule has 0 amide bonds. The lowest BCUT2D eigenvalue weighted by atomic mass is 9.92. The molecule has 2 aromatic heterocycles. The maximum absolute atomic E-state index is 4.89. The number of fused-ring (bicyclic) bond motifs is 3. The van der Waals surface area contributed by atoms with Gasteiger partial charge in [0.15, 0.2) is 0 Å². The molecule has 0 saturated heterocycles. The van der Waals surface area contributed by atoms with Crippen LogP contribution in [0.15, 0.2) is 30.5 Å². The normalized spacial score (nSPS) is 11.8. The van der Waals surface area contributed by atoms with Gasteiger partial charge in [-0.3, -0.25) is 4.40 Å². The van der Waals surface area contributed by atoms with E-state index in [1.165, 1.54) is 11.2 Å². The quantitative estimate of drug-likeness (QED) is 0.632. The van der Waals surface area contributed by atoms with Crippen LogP contribution < -0.4 is 0 Å². The lowest BCUT2D eigenvalue weighted by Crippen LogP contribution is -2.28. The number of para-hydroxylation sites is 2. The summed E-state index contributed by atoms with van der Waals surface area (Å²) in [6.45, 7) is 15.5. The minimum atomic E-state index is 0. The van der Waals surface area contributed by atoms with Crippen LogP contribution in [-0.4, -0.2) is 38.5 Å². The first-order valence-corrected chi connectivity index (χ1v) is 8.64. The molecule has 2 heterocycles. The van der Waals surface area contributed by atoms with Crippen LogP contribution in [0.4, 0.5) is 0 Å². The topological polar surface area (TPSA) is 25.5 Å². The van der Waals surface area contributed by atoms with E-state index in [4.69, 9.17) is 4.98 Å². The SMILES string of the molecule is CCN(CC)CCn1c(C(C)(C)C)cn2c3ccccc3nc12.Cl.Cl. The van der Waals surface area contributed by atoms with E-state index in [-0.39, 0.29) is 30.2 Å². The smallest absolute Gasteiger partial charge is 0.215 e. The minimum absolute atomic E-state index is 0. The zero-order valence-electron chi connectivity index (χ0n) is 15.8. The van der Waals surface area contributed by atoms with Crippen molar-refractivity contribution in [2.75, 3.05) is 19.6 Å². The Hall–Kier alpha value is -1.23. The zero-order chi connectivity index (χ0) is 16.6. The minimum Gasteiger partial charge on any atom is -0.312 e. The molecule has 0 aliphatic heterocycles. The number of hydrogen-bond donors (Lipinski definition) is 0. The number of benzene rings is 1. The van der Waals surface area contributed by atoms with Gasteiger partial charge in [0.2, 0.25) is 5.78 Å². The van der Waals surface area contributed by atoms with Gasteiger partial charge in [0, 0.05) is 30.4 Å². The van der Waals surface area contributed by atoms with Gasteiger partial charge < -0.3 is 9.47 Å². The molecule has 1 aromatic carbocycles. The lowest BCUT2D eigenvalue weighted by Gasteiger charge is -2.23. The third-order valence-electron chi connectivity index (χ3n) is 4.66. The van der Waals surface area contributed by atoms with Crippen molar-refractivity contribution in [3.63, 3.8) is 0 Å². The van der Waals surface area contributed by atoms with E-state index in [9.17, 15) is 0 Å². The second kappa shape index (κ2) is 8.43. The van der Waals surface area contributed by atoms with Gasteiger partial charge in [-0.25, -0.2) is 4.98 Å². The standard InChI is InChI=1S/C19H28N4.2ClH/c1-6-21(7-2)12-13-22-17(19(3,4)5)14-23-16-11-9-8-10-15(16)20-18(22)23;;/h8-11,14H,6-7,12-13H2,1-5H3;2*1H. The van der Waals surface area contributed by atoms with E-state index in [0.717, 1.165) is 37.5 Å². The van der Waals surface area contributed by atoms with Crippen LogP contribution in [0.1, 0.15) is 40.3 Å². The molecule has 6 heteroatoms. The average molecular weight is 385 g/mol. The van der Waals surface area contributed by atoms with Crippen molar-refractivity contribution < 1.29 is 0 Å². The summed E-state index contributed by atoms with van der Waals surface area (Å²) in [5.41, 5.74) is 3.71. The summed E-state index contributed by atoms with van der Waals surface area (Å²) >= 11 is 0. The fourth-order valence-corrected chi connectivity index (χ4v) is 3.25. The Balaban J connectivity index is 0.00000156. The molecule has 140 valence electrons. The van der Waals surface area contributed by atoms with Crippen molar-refractivity contribution in [3.8, 4) is 0 Å². The van der Waals surface area contributed by atoms with Gasteiger partial charge in [0.05, 0.1) is 11.0 Å². The van der Waals surface area contributed by atoms with Gasteiger partial charge in [0.1, 0.15) is 0 Å². The molecule has 0 N–H and O–H groups in total. The van der Waals surface area contributed by atoms with Gasteiger partial charge in [0.25, 0.3) is 0 Å². The first-order valence-electron chi connectivity index (χ1n) is 8.64. The van der Waals surface area contributed by atoms with Crippen molar-refractivity contribution in [2.24, 2.45) is 0 Å². The van der Waals surface area contributed by atoms with Crippen LogP contribution in [0.25, 0.3) is 16.8 Å². The van der Waals surface area contributed by atoms with Crippen molar-refractivity contribution in [3.05, 3.63) is 36.2 Å². The van der Waals surface area contributed by atoms with Crippen molar-refractivity contribution in [1.29, 1.82) is 0 Å². The van der Waals surface area contributed by atoms with Crippen LogP contribution in [0.5, 0.6) is 0 Å². The summed E-state index contributed by atoms with van der Waals surface area (Å²) in [6, 6.07) is 8.38. The number of rotatable bonds is 5. The number of likely N-dealkylation sites (N-methyl/N-ethyl adjacent to an activating group) is 1. The molecule has 3 aromatic rings. The highest BCUT2D eigenvalue weighted by molar-refractivity contribution is 5.85. The third-order valence-corrected chi connectivity index (χ3v) is 4.66. The van der Waals surface area contributed by atoms with E-state index >= 15 is 0 Å². The van der Waals surface area contributed by atoms with Gasteiger partial charge in [-0.15, -0.1) is 24.8 Å². The van der Waals surface area contributed by atoms with E-state index in [1.54, 1.807) is 0 Å². The van der Waals surface area contributed by atoms with Crippen LogP contribution in [0.2, 0.25) is 0 Å². The predicted molar refractivity (Wildman–Crippen MR) is 112 cm³/mol. The van der Waals surface area contributed by atoms with Gasteiger partial charge in [-0.2, -0.15) is 0 Å².